The average Bonchev–Trinajstić information content (AvgIpc) is 2.90. The molecule has 0 N–H and O–H groups in total. The van der Waals surface area contributed by atoms with Gasteiger partial charge in [-0.1, -0.05) is 30.3 Å². The van der Waals surface area contributed by atoms with Crippen molar-refractivity contribution in [2.24, 2.45) is 0 Å². The largest absolute Gasteiger partial charge is 0.461 e. The number of benzene rings is 1. The van der Waals surface area contributed by atoms with Crippen LogP contribution < -0.4 is 0 Å². The molecule has 3 nitrogen and oxygen atoms in total. The first-order valence-corrected chi connectivity index (χ1v) is 5.06. The lowest BCUT2D eigenvalue weighted by Gasteiger charge is -1.95. The van der Waals surface area contributed by atoms with E-state index in [1.54, 1.807) is 18.2 Å². The van der Waals surface area contributed by atoms with E-state index in [0.29, 0.717) is 0 Å². The first kappa shape index (κ1) is 10.9. The second-order valence-electron chi connectivity index (χ2n) is 3.39. The Morgan fingerprint density at radius 2 is 1.94 bits per heavy atom. The van der Waals surface area contributed by atoms with Crippen molar-refractivity contribution in [3.05, 3.63) is 65.6 Å². The predicted molar refractivity (Wildman–Crippen MR) is 63.1 cm³/mol. The van der Waals surface area contributed by atoms with Gasteiger partial charge < -0.3 is 4.42 Å². The van der Waals surface area contributed by atoms with E-state index < -0.39 is 5.78 Å². The van der Waals surface area contributed by atoms with E-state index in [9.17, 15) is 4.79 Å². The zero-order chi connectivity index (χ0) is 12.1. The minimum absolute atomic E-state index is 0.0613. The molecule has 1 aromatic carbocycles. The van der Waals surface area contributed by atoms with Gasteiger partial charge in [-0.2, -0.15) is 5.26 Å². The highest BCUT2D eigenvalue weighted by Crippen LogP contribution is 2.12. The third-order valence-corrected chi connectivity index (χ3v) is 2.22. The van der Waals surface area contributed by atoms with Crippen molar-refractivity contribution in [3.8, 4) is 6.07 Å². The van der Waals surface area contributed by atoms with Gasteiger partial charge in [0.1, 0.15) is 11.6 Å². The van der Waals surface area contributed by atoms with E-state index in [4.69, 9.17) is 9.68 Å². The van der Waals surface area contributed by atoms with Gasteiger partial charge >= 0.3 is 0 Å². The Morgan fingerprint density at radius 3 is 2.53 bits per heavy atom. The van der Waals surface area contributed by atoms with Gasteiger partial charge in [-0.05, 0) is 23.8 Å². The van der Waals surface area contributed by atoms with Crippen molar-refractivity contribution in [1.29, 1.82) is 5.26 Å². The smallest absolute Gasteiger partial charge is 0.238 e. The number of hydrogen-bond acceptors (Lipinski definition) is 3. The normalized spacial score (nSPS) is 10.9. The van der Waals surface area contributed by atoms with Crippen LogP contribution in [0.15, 0.2) is 58.7 Å². The summed E-state index contributed by atoms with van der Waals surface area (Å²) in [5, 5.41) is 8.98. The molecule has 0 amide bonds. The molecule has 0 aliphatic rings. The summed E-state index contributed by atoms with van der Waals surface area (Å²) in [5.41, 5.74) is 0.870. The van der Waals surface area contributed by atoms with Crippen LogP contribution >= 0.6 is 0 Å². The number of carbonyl (C=O) groups is 1. The van der Waals surface area contributed by atoms with Crippen molar-refractivity contribution in [1.82, 2.24) is 0 Å². The third-order valence-electron chi connectivity index (χ3n) is 2.22. The molecule has 1 aromatic heterocycles. The van der Waals surface area contributed by atoms with Gasteiger partial charge in [0.2, 0.25) is 5.78 Å². The molecule has 1 heterocycles. The van der Waals surface area contributed by atoms with Gasteiger partial charge in [-0.3, -0.25) is 4.79 Å². The second kappa shape index (κ2) is 4.95. The van der Waals surface area contributed by atoms with Crippen molar-refractivity contribution in [3.63, 3.8) is 0 Å². The number of allylic oxidation sites excluding steroid dienone is 1. The third kappa shape index (κ3) is 2.50. The van der Waals surface area contributed by atoms with E-state index in [1.807, 2.05) is 36.4 Å². The number of rotatable bonds is 3. The topological polar surface area (TPSA) is 54.0 Å². The average molecular weight is 223 g/mol. The molecule has 0 spiro atoms. The maximum absolute atomic E-state index is 11.9. The van der Waals surface area contributed by atoms with Crippen LogP contribution in [0.1, 0.15) is 16.1 Å². The Bertz CT molecular complexity index is 574. The molecule has 2 aromatic rings. The standard InChI is InChI=1S/C14H9NO2/c15-10-12(9-11-5-2-1-3-6-11)14(16)13-7-4-8-17-13/h1-9H/b12-9+. The monoisotopic (exact) mass is 223 g/mol. The number of carbonyl (C=O) groups excluding carboxylic acids is 1. The van der Waals surface area contributed by atoms with Crippen LogP contribution in [0.25, 0.3) is 6.08 Å². The molecular weight excluding hydrogens is 214 g/mol. The van der Waals surface area contributed by atoms with Crippen LogP contribution in [0.4, 0.5) is 0 Å². The summed E-state index contributed by atoms with van der Waals surface area (Å²) in [5.74, 6) is -0.227. The maximum Gasteiger partial charge on any atom is 0.238 e. The highest BCUT2D eigenvalue weighted by molar-refractivity contribution is 6.12. The number of ketones is 1. The number of nitrogens with zero attached hydrogens (tertiary/aromatic N) is 1. The maximum atomic E-state index is 11.9. The van der Waals surface area contributed by atoms with Crippen molar-refractivity contribution in [2.45, 2.75) is 0 Å². The first-order chi connectivity index (χ1) is 8.31. The summed E-state index contributed by atoms with van der Waals surface area (Å²) in [4.78, 5) is 11.9. The molecule has 82 valence electrons. The molecule has 2 rings (SSSR count). The van der Waals surface area contributed by atoms with E-state index in [-0.39, 0.29) is 11.3 Å². The Hall–Kier alpha value is -2.60. The van der Waals surface area contributed by atoms with Crippen LogP contribution in [-0.2, 0) is 0 Å². The molecule has 0 fully saturated rings. The molecule has 17 heavy (non-hydrogen) atoms. The summed E-state index contributed by atoms with van der Waals surface area (Å²) in [7, 11) is 0. The van der Waals surface area contributed by atoms with Crippen LogP contribution in [0.2, 0.25) is 0 Å². The zero-order valence-electron chi connectivity index (χ0n) is 8.96. The van der Waals surface area contributed by atoms with Gasteiger partial charge in [-0.25, -0.2) is 0 Å². The van der Waals surface area contributed by atoms with Gasteiger partial charge in [0.25, 0.3) is 0 Å². The number of Topliss-reactive ketones (excluding diaryl/α,β-unsaturated/α-hetero) is 1. The molecule has 0 saturated heterocycles. The molecular formula is C14H9NO2. The van der Waals surface area contributed by atoms with Crippen molar-refractivity contribution < 1.29 is 9.21 Å². The summed E-state index contributed by atoms with van der Waals surface area (Å²) in [6.07, 6.45) is 2.95. The lowest BCUT2D eigenvalue weighted by atomic mass is 10.1. The molecule has 0 bridgehead atoms. The van der Waals surface area contributed by atoms with Crippen molar-refractivity contribution >= 4 is 11.9 Å². The van der Waals surface area contributed by atoms with Gasteiger partial charge in [0.15, 0.2) is 5.76 Å². The molecule has 3 heteroatoms. The van der Waals surface area contributed by atoms with Crippen LogP contribution in [0.5, 0.6) is 0 Å². The Balaban J connectivity index is 2.33. The number of hydrogen-bond donors (Lipinski definition) is 0. The summed E-state index contributed by atoms with van der Waals surface area (Å²) < 4.78 is 4.97. The zero-order valence-corrected chi connectivity index (χ0v) is 8.96. The molecule has 0 unspecified atom stereocenters. The molecule has 0 saturated carbocycles. The minimum Gasteiger partial charge on any atom is -0.461 e. The predicted octanol–water partition coefficient (Wildman–Crippen LogP) is 3.07. The lowest BCUT2D eigenvalue weighted by Crippen LogP contribution is -1.99. The molecule has 0 radical (unpaired) electrons. The van der Waals surface area contributed by atoms with E-state index in [0.717, 1.165) is 5.56 Å². The van der Waals surface area contributed by atoms with Gasteiger partial charge in [0.05, 0.1) is 6.26 Å². The van der Waals surface area contributed by atoms with Gasteiger partial charge in [-0.15, -0.1) is 0 Å². The number of furan rings is 1. The Labute approximate surface area is 98.6 Å². The summed E-state index contributed by atoms with van der Waals surface area (Å²) in [6, 6.07) is 14.3. The number of nitriles is 1. The fraction of sp³-hybridized carbons (Fsp3) is 0. The van der Waals surface area contributed by atoms with E-state index >= 15 is 0 Å². The highest BCUT2D eigenvalue weighted by Gasteiger charge is 2.14. The SMILES string of the molecule is N#C/C(=C\c1ccccc1)C(=O)c1ccco1. The fourth-order valence-corrected chi connectivity index (χ4v) is 1.41. The minimum atomic E-state index is -0.402. The van der Waals surface area contributed by atoms with Crippen molar-refractivity contribution in [2.75, 3.05) is 0 Å². The van der Waals surface area contributed by atoms with Gasteiger partial charge in [0, 0.05) is 0 Å². The van der Waals surface area contributed by atoms with E-state index in [2.05, 4.69) is 0 Å². The molecule has 0 aliphatic heterocycles. The van der Waals surface area contributed by atoms with Crippen LogP contribution in [0, 0.1) is 11.3 Å². The summed E-state index contributed by atoms with van der Waals surface area (Å²) >= 11 is 0. The Morgan fingerprint density at radius 1 is 1.18 bits per heavy atom. The second-order valence-corrected chi connectivity index (χ2v) is 3.39. The van der Waals surface area contributed by atoms with E-state index in [1.165, 1.54) is 6.26 Å². The quantitative estimate of drug-likeness (QED) is 0.456. The molecule has 0 atom stereocenters. The Kier molecular flexibility index (Phi) is 3.18. The fourth-order valence-electron chi connectivity index (χ4n) is 1.41. The first-order valence-electron chi connectivity index (χ1n) is 5.06. The summed E-state index contributed by atoms with van der Waals surface area (Å²) in [6.45, 7) is 0. The highest BCUT2D eigenvalue weighted by atomic mass is 16.3. The lowest BCUT2D eigenvalue weighted by molar-refractivity contribution is 0.101. The molecule has 0 aliphatic carbocycles. The van der Waals surface area contributed by atoms with Crippen LogP contribution in [-0.4, -0.2) is 5.78 Å². The van der Waals surface area contributed by atoms with Crippen LogP contribution in [0.3, 0.4) is 0 Å².